The van der Waals surface area contributed by atoms with E-state index in [1.165, 1.54) is 0 Å². The van der Waals surface area contributed by atoms with Gasteiger partial charge in [-0.2, -0.15) is 11.8 Å². The van der Waals surface area contributed by atoms with Crippen LogP contribution in [0.25, 0.3) is 0 Å². The van der Waals surface area contributed by atoms with Gasteiger partial charge in [0.05, 0.1) is 6.54 Å². The second kappa shape index (κ2) is 5.68. The highest BCUT2D eigenvalue weighted by Crippen LogP contribution is 2.23. The molecule has 1 aromatic rings. The molecule has 1 aromatic heterocycles. The van der Waals surface area contributed by atoms with Crippen LogP contribution in [0.15, 0.2) is 6.33 Å². The monoisotopic (exact) mass is 242 g/mol. The Morgan fingerprint density at radius 1 is 1.50 bits per heavy atom. The van der Waals surface area contributed by atoms with Crippen molar-refractivity contribution in [2.75, 3.05) is 5.75 Å². The van der Waals surface area contributed by atoms with Crippen LogP contribution < -0.4 is 5.32 Å². The van der Waals surface area contributed by atoms with E-state index in [-0.39, 0.29) is 0 Å². The van der Waals surface area contributed by atoms with Gasteiger partial charge in [0.15, 0.2) is 0 Å². The molecule has 0 saturated carbocycles. The fourth-order valence-electron chi connectivity index (χ4n) is 1.17. The Labute approximate surface area is 102 Å². The van der Waals surface area contributed by atoms with Crippen molar-refractivity contribution < 1.29 is 0 Å². The van der Waals surface area contributed by atoms with Crippen LogP contribution in [0.5, 0.6) is 0 Å². The molecule has 1 rings (SSSR count). The van der Waals surface area contributed by atoms with Gasteiger partial charge in [0.2, 0.25) is 0 Å². The molecule has 5 heteroatoms. The normalized spacial score (nSPS) is 14.1. The van der Waals surface area contributed by atoms with Crippen LogP contribution in [0.2, 0.25) is 0 Å². The standard InChI is InChI=1S/C11H22N4S/c1-9(7-16-11(2,3)4)12-6-10-14-13-8-15(10)5/h8-9,12H,6-7H2,1-5H3. The third-order valence-corrected chi connectivity index (χ3v) is 3.71. The molecule has 0 fully saturated rings. The first-order valence-electron chi connectivity index (χ1n) is 5.59. The minimum Gasteiger partial charge on any atom is -0.320 e. The lowest BCUT2D eigenvalue weighted by molar-refractivity contribution is 0.564. The summed E-state index contributed by atoms with van der Waals surface area (Å²) in [5.41, 5.74) is 0. The molecule has 0 amide bonds. The highest BCUT2D eigenvalue weighted by Gasteiger charge is 2.13. The molecule has 92 valence electrons. The van der Waals surface area contributed by atoms with Crippen LogP contribution in [0.3, 0.4) is 0 Å². The predicted molar refractivity (Wildman–Crippen MR) is 69.5 cm³/mol. The van der Waals surface area contributed by atoms with E-state index in [0.717, 1.165) is 18.1 Å². The summed E-state index contributed by atoms with van der Waals surface area (Å²) in [6, 6.07) is 0.487. The van der Waals surface area contributed by atoms with Crippen molar-refractivity contribution in [3.8, 4) is 0 Å². The number of hydrogen-bond donors (Lipinski definition) is 1. The van der Waals surface area contributed by atoms with Crippen molar-refractivity contribution >= 4 is 11.8 Å². The third-order valence-electron chi connectivity index (χ3n) is 2.18. The molecule has 0 aromatic carbocycles. The lowest BCUT2D eigenvalue weighted by Crippen LogP contribution is -2.30. The summed E-state index contributed by atoms with van der Waals surface area (Å²) in [5, 5.41) is 11.3. The number of hydrogen-bond acceptors (Lipinski definition) is 4. The number of aryl methyl sites for hydroxylation is 1. The number of rotatable bonds is 5. The Balaban J connectivity index is 2.25. The number of nitrogens with zero attached hydrogens (tertiary/aromatic N) is 3. The lowest BCUT2D eigenvalue weighted by Gasteiger charge is -2.21. The van der Waals surface area contributed by atoms with Gasteiger partial charge in [-0.05, 0) is 6.92 Å². The topological polar surface area (TPSA) is 42.7 Å². The Morgan fingerprint density at radius 2 is 2.19 bits per heavy atom. The second-order valence-corrected chi connectivity index (χ2v) is 6.91. The van der Waals surface area contributed by atoms with Gasteiger partial charge < -0.3 is 9.88 Å². The van der Waals surface area contributed by atoms with Crippen LogP contribution in [-0.4, -0.2) is 31.3 Å². The van der Waals surface area contributed by atoms with Crippen molar-refractivity contribution in [1.29, 1.82) is 0 Å². The van der Waals surface area contributed by atoms with E-state index in [1.807, 2.05) is 23.4 Å². The Hall–Kier alpha value is -0.550. The van der Waals surface area contributed by atoms with Crippen molar-refractivity contribution in [3.63, 3.8) is 0 Å². The summed E-state index contributed by atoms with van der Waals surface area (Å²) in [4.78, 5) is 0. The minimum absolute atomic E-state index is 0.334. The molecule has 1 atom stereocenters. The molecule has 0 aliphatic carbocycles. The van der Waals surface area contributed by atoms with Gasteiger partial charge in [-0.15, -0.1) is 10.2 Å². The van der Waals surface area contributed by atoms with Gasteiger partial charge in [0, 0.05) is 23.6 Å². The summed E-state index contributed by atoms with van der Waals surface area (Å²) >= 11 is 1.98. The van der Waals surface area contributed by atoms with E-state index >= 15 is 0 Å². The summed E-state index contributed by atoms with van der Waals surface area (Å²) in [6.07, 6.45) is 1.73. The molecule has 4 nitrogen and oxygen atoms in total. The fourth-order valence-corrected chi connectivity index (χ4v) is 2.03. The van der Waals surface area contributed by atoms with Crippen molar-refractivity contribution in [2.45, 2.75) is 45.0 Å². The third kappa shape index (κ3) is 4.99. The van der Waals surface area contributed by atoms with Crippen molar-refractivity contribution in [1.82, 2.24) is 20.1 Å². The maximum Gasteiger partial charge on any atom is 0.146 e. The largest absolute Gasteiger partial charge is 0.320 e. The molecule has 0 spiro atoms. The molecular formula is C11H22N4S. The van der Waals surface area contributed by atoms with Crippen molar-refractivity contribution in [3.05, 3.63) is 12.2 Å². The number of aromatic nitrogens is 3. The predicted octanol–water partition coefficient (Wildman–Crippen LogP) is 1.82. The van der Waals surface area contributed by atoms with Gasteiger partial charge in [-0.1, -0.05) is 20.8 Å². The highest BCUT2D eigenvalue weighted by atomic mass is 32.2. The Bertz CT molecular complexity index is 316. The molecule has 16 heavy (non-hydrogen) atoms. The first kappa shape index (κ1) is 13.5. The highest BCUT2D eigenvalue weighted by molar-refractivity contribution is 8.00. The average Bonchev–Trinajstić information content (AvgIpc) is 2.57. The van der Waals surface area contributed by atoms with Crippen LogP contribution in [0, 0.1) is 0 Å². The van der Waals surface area contributed by atoms with Gasteiger partial charge in [0.1, 0.15) is 12.2 Å². The maximum absolute atomic E-state index is 4.04. The van der Waals surface area contributed by atoms with E-state index in [1.54, 1.807) is 6.33 Å². The molecule has 1 heterocycles. The van der Waals surface area contributed by atoms with E-state index in [4.69, 9.17) is 0 Å². The van der Waals surface area contributed by atoms with Crippen LogP contribution in [-0.2, 0) is 13.6 Å². The van der Waals surface area contributed by atoms with Crippen molar-refractivity contribution in [2.24, 2.45) is 7.05 Å². The van der Waals surface area contributed by atoms with E-state index < -0.39 is 0 Å². The molecular weight excluding hydrogens is 220 g/mol. The van der Waals surface area contributed by atoms with Gasteiger partial charge >= 0.3 is 0 Å². The van der Waals surface area contributed by atoms with Crippen LogP contribution in [0.1, 0.15) is 33.5 Å². The zero-order valence-electron chi connectivity index (χ0n) is 10.8. The van der Waals surface area contributed by atoms with Gasteiger partial charge in [-0.25, -0.2) is 0 Å². The van der Waals surface area contributed by atoms with Gasteiger partial charge in [0.25, 0.3) is 0 Å². The second-order valence-electron chi connectivity index (χ2n) is 5.06. The fraction of sp³-hybridized carbons (Fsp3) is 0.818. The maximum atomic E-state index is 4.04. The minimum atomic E-state index is 0.334. The molecule has 0 radical (unpaired) electrons. The number of thioether (sulfide) groups is 1. The molecule has 1 unspecified atom stereocenters. The molecule has 0 bridgehead atoms. The SMILES string of the molecule is CC(CSC(C)(C)C)NCc1nncn1C. The van der Waals surface area contributed by atoms with E-state index in [2.05, 4.69) is 43.2 Å². The zero-order chi connectivity index (χ0) is 12.2. The summed E-state index contributed by atoms with van der Waals surface area (Å²) in [7, 11) is 1.96. The summed E-state index contributed by atoms with van der Waals surface area (Å²) < 4.78 is 2.28. The smallest absolute Gasteiger partial charge is 0.146 e. The van der Waals surface area contributed by atoms with E-state index in [0.29, 0.717) is 10.8 Å². The average molecular weight is 242 g/mol. The van der Waals surface area contributed by atoms with Gasteiger partial charge in [-0.3, -0.25) is 0 Å². The quantitative estimate of drug-likeness (QED) is 0.855. The first-order chi connectivity index (χ1) is 7.38. The molecule has 0 aliphatic heterocycles. The summed E-state index contributed by atoms with van der Waals surface area (Å²) in [6.45, 7) is 9.71. The lowest BCUT2D eigenvalue weighted by atomic mass is 10.3. The van der Waals surface area contributed by atoms with Crippen LogP contribution >= 0.6 is 11.8 Å². The first-order valence-corrected chi connectivity index (χ1v) is 6.57. The van der Waals surface area contributed by atoms with E-state index in [9.17, 15) is 0 Å². The molecule has 0 saturated heterocycles. The molecule has 1 N–H and O–H groups in total. The molecule has 0 aliphatic rings. The van der Waals surface area contributed by atoms with Crippen LogP contribution in [0.4, 0.5) is 0 Å². The zero-order valence-corrected chi connectivity index (χ0v) is 11.6. The Kier molecular flexibility index (Phi) is 4.80. The summed E-state index contributed by atoms with van der Waals surface area (Å²) in [5.74, 6) is 2.09. The number of nitrogens with one attached hydrogen (secondary N) is 1. The Morgan fingerprint density at radius 3 is 2.69 bits per heavy atom.